The molecule has 0 unspecified atom stereocenters. The third-order valence-electron chi connectivity index (χ3n) is 1.96. The Kier molecular flexibility index (Phi) is 2.76. The van der Waals surface area contributed by atoms with E-state index in [1.165, 1.54) is 0 Å². The lowest BCUT2D eigenvalue weighted by molar-refractivity contribution is 0.857. The number of hydrogen-bond donors (Lipinski definition) is 1. The Morgan fingerprint density at radius 2 is 1.58 bits per heavy atom. The van der Waals surface area contributed by atoms with Gasteiger partial charge in [-0.15, -0.1) is 0 Å². The van der Waals surface area contributed by atoms with E-state index < -0.39 is 0 Å². The van der Waals surface area contributed by atoms with Crippen molar-refractivity contribution in [3.8, 4) is 0 Å². The molecule has 0 aromatic carbocycles. The lowest BCUT2D eigenvalue weighted by Crippen LogP contribution is -2.09. The molecular formula is C9H15N3. The van der Waals surface area contributed by atoms with Crippen LogP contribution >= 0.6 is 0 Å². The standard InChI is InChI=1S/C9H15N3/c1-6-7(2)12-9(4-5-10)8(3)11-6/h4-5,10H2,1-3H3. The maximum absolute atomic E-state index is 5.45. The van der Waals surface area contributed by atoms with E-state index in [0.29, 0.717) is 6.54 Å². The van der Waals surface area contributed by atoms with Crippen molar-refractivity contribution in [1.82, 2.24) is 9.97 Å². The van der Waals surface area contributed by atoms with Gasteiger partial charge in [0.1, 0.15) is 0 Å². The van der Waals surface area contributed by atoms with Crippen molar-refractivity contribution in [2.45, 2.75) is 27.2 Å². The van der Waals surface area contributed by atoms with Gasteiger partial charge in [-0.05, 0) is 27.3 Å². The summed E-state index contributed by atoms with van der Waals surface area (Å²) < 4.78 is 0. The fourth-order valence-corrected chi connectivity index (χ4v) is 1.13. The van der Waals surface area contributed by atoms with E-state index in [1.807, 2.05) is 20.8 Å². The van der Waals surface area contributed by atoms with Crippen LogP contribution in [-0.4, -0.2) is 16.5 Å². The highest BCUT2D eigenvalue weighted by Crippen LogP contribution is 2.06. The number of aromatic nitrogens is 2. The Balaban J connectivity index is 3.05. The Hall–Kier alpha value is -0.960. The highest BCUT2D eigenvalue weighted by molar-refractivity contribution is 5.17. The van der Waals surface area contributed by atoms with Crippen LogP contribution in [0.3, 0.4) is 0 Å². The van der Waals surface area contributed by atoms with Crippen molar-refractivity contribution in [3.63, 3.8) is 0 Å². The summed E-state index contributed by atoms with van der Waals surface area (Å²) in [6.45, 7) is 6.56. The van der Waals surface area contributed by atoms with Crippen molar-refractivity contribution in [1.29, 1.82) is 0 Å². The predicted octanol–water partition coefficient (Wildman–Crippen LogP) is 0.903. The van der Waals surface area contributed by atoms with Crippen LogP contribution in [0.15, 0.2) is 0 Å². The molecule has 0 saturated heterocycles. The van der Waals surface area contributed by atoms with Gasteiger partial charge in [0.25, 0.3) is 0 Å². The molecule has 1 heterocycles. The molecule has 0 fully saturated rings. The molecule has 0 aliphatic heterocycles. The summed E-state index contributed by atoms with van der Waals surface area (Å²) in [4.78, 5) is 8.79. The number of nitrogens with two attached hydrogens (primary N) is 1. The second-order valence-electron chi connectivity index (χ2n) is 2.97. The van der Waals surface area contributed by atoms with Gasteiger partial charge in [0.15, 0.2) is 0 Å². The molecule has 1 aromatic heterocycles. The number of nitrogens with zero attached hydrogens (tertiary/aromatic N) is 2. The van der Waals surface area contributed by atoms with Crippen LogP contribution in [0.2, 0.25) is 0 Å². The van der Waals surface area contributed by atoms with Gasteiger partial charge < -0.3 is 5.73 Å². The molecule has 1 aromatic rings. The molecule has 0 bridgehead atoms. The van der Waals surface area contributed by atoms with E-state index in [2.05, 4.69) is 9.97 Å². The molecule has 66 valence electrons. The molecule has 0 radical (unpaired) electrons. The maximum Gasteiger partial charge on any atom is 0.0631 e. The summed E-state index contributed by atoms with van der Waals surface area (Å²) in [6, 6.07) is 0. The van der Waals surface area contributed by atoms with E-state index in [-0.39, 0.29) is 0 Å². The van der Waals surface area contributed by atoms with Crippen LogP contribution in [-0.2, 0) is 6.42 Å². The maximum atomic E-state index is 5.45. The van der Waals surface area contributed by atoms with E-state index >= 15 is 0 Å². The molecule has 0 spiro atoms. The summed E-state index contributed by atoms with van der Waals surface area (Å²) >= 11 is 0. The summed E-state index contributed by atoms with van der Waals surface area (Å²) in [5.41, 5.74) is 9.49. The molecule has 3 nitrogen and oxygen atoms in total. The molecule has 0 amide bonds. The first-order valence-electron chi connectivity index (χ1n) is 4.16. The molecule has 1 rings (SSSR count). The second-order valence-corrected chi connectivity index (χ2v) is 2.97. The van der Waals surface area contributed by atoms with Crippen LogP contribution in [0.5, 0.6) is 0 Å². The lowest BCUT2D eigenvalue weighted by atomic mass is 10.2. The van der Waals surface area contributed by atoms with Crippen molar-refractivity contribution in [3.05, 3.63) is 22.8 Å². The minimum atomic E-state index is 0.637. The SMILES string of the molecule is Cc1nc(C)c(CCN)nc1C. The minimum Gasteiger partial charge on any atom is -0.330 e. The zero-order chi connectivity index (χ0) is 9.14. The average Bonchev–Trinajstić information content (AvgIpc) is 2.01. The highest BCUT2D eigenvalue weighted by Gasteiger charge is 2.03. The molecule has 0 aliphatic carbocycles. The van der Waals surface area contributed by atoms with Crippen LogP contribution in [0.4, 0.5) is 0 Å². The predicted molar refractivity (Wildman–Crippen MR) is 49.0 cm³/mol. The van der Waals surface area contributed by atoms with Crippen LogP contribution in [0.25, 0.3) is 0 Å². The quantitative estimate of drug-likeness (QED) is 0.708. The highest BCUT2D eigenvalue weighted by atomic mass is 14.8. The number of rotatable bonds is 2. The Bertz CT molecular complexity index is 281. The fraction of sp³-hybridized carbons (Fsp3) is 0.556. The smallest absolute Gasteiger partial charge is 0.0631 e. The number of hydrogen-bond acceptors (Lipinski definition) is 3. The Morgan fingerprint density at radius 3 is 2.17 bits per heavy atom. The summed E-state index contributed by atoms with van der Waals surface area (Å²) in [6.07, 6.45) is 0.819. The monoisotopic (exact) mass is 165 g/mol. The van der Waals surface area contributed by atoms with E-state index in [4.69, 9.17) is 5.73 Å². The molecule has 2 N–H and O–H groups in total. The van der Waals surface area contributed by atoms with Gasteiger partial charge in [0.05, 0.1) is 22.8 Å². The number of aryl methyl sites for hydroxylation is 3. The summed E-state index contributed by atoms with van der Waals surface area (Å²) in [5.74, 6) is 0. The minimum absolute atomic E-state index is 0.637. The van der Waals surface area contributed by atoms with E-state index in [1.54, 1.807) is 0 Å². The van der Waals surface area contributed by atoms with Crippen LogP contribution < -0.4 is 5.73 Å². The van der Waals surface area contributed by atoms with Gasteiger partial charge in [-0.1, -0.05) is 0 Å². The summed E-state index contributed by atoms with van der Waals surface area (Å²) in [7, 11) is 0. The summed E-state index contributed by atoms with van der Waals surface area (Å²) in [5, 5.41) is 0. The van der Waals surface area contributed by atoms with Gasteiger partial charge in [0, 0.05) is 6.42 Å². The third-order valence-corrected chi connectivity index (χ3v) is 1.96. The normalized spacial score (nSPS) is 10.3. The molecule has 0 saturated carbocycles. The second kappa shape index (κ2) is 3.63. The fourth-order valence-electron chi connectivity index (χ4n) is 1.13. The van der Waals surface area contributed by atoms with Gasteiger partial charge in [-0.3, -0.25) is 9.97 Å². The van der Waals surface area contributed by atoms with E-state index in [9.17, 15) is 0 Å². The first-order valence-corrected chi connectivity index (χ1v) is 4.16. The molecule has 0 aliphatic rings. The third kappa shape index (κ3) is 1.80. The van der Waals surface area contributed by atoms with Crippen molar-refractivity contribution in [2.24, 2.45) is 5.73 Å². The zero-order valence-corrected chi connectivity index (χ0v) is 7.89. The Morgan fingerprint density at radius 1 is 1.00 bits per heavy atom. The van der Waals surface area contributed by atoms with Gasteiger partial charge in [0.2, 0.25) is 0 Å². The van der Waals surface area contributed by atoms with Crippen molar-refractivity contribution >= 4 is 0 Å². The van der Waals surface area contributed by atoms with E-state index in [0.717, 1.165) is 29.2 Å². The van der Waals surface area contributed by atoms with Crippen LogP contribution in [0, 0.1) is 20.8 Å². The van der Waals surface area contributed by atoms with Gasteiger partial charge in [-0.2, -0.15) is 0 Å². The lowest BCUT2D eigenvalue weighted by Gasteiger charge is -2.05. The molecule has 3 heteroatoms. The van der Waals surface area contributed by atoms with Crippen molar-refractivity contribution < 1.29 is 0 Å². The first-order chi connectivity index (χ1) is 5.65. The average molecular weight is 165 g/mol. The van der Waals surface area contributed by atoms with Gasteiger partial charge in [-0.25, -0.2) is 0 Å². The van der Waals surface area contributed by atoms with Gasteiger partial charge >= 0.3 is 0 Å². The van der Waals surface area contributed by atoms with Crippen LogP contribution in [0.1, 0.15) is 22.8 Å². The molecule has 0 atom stereocenters. The first kappa shape index (κ1) is 9.13. The zero-order valence-electron chi connectivity index (χ0n) is 7.89. The van der Waals surface area contributed by atoms with Crippen molar-refractivity contribution in [2.75, 3.05) is 6.54 Å². The molecular weight excluding hydrogens is 150 g/mol. The topological polar surface area (TPSA) is 51.8 Å². The largest absolute Gasteiger partial charge is 0.330 e. The molecule has 12 heavy (non-hydrogen) atoms. The Labute approximate surface area is 73.0 Å².